The van der Waals surface area contributed by atoms with Crippen LogP contribution in [0.25, 0.3) is 20.8 Å². The molecule has 0 amide bonds. The summed E-state index contributed by atoms with van der Waals surface area (Å²) in [6, 6.07) is 15.1. The van der Waals surface area contributed by atoms with Gasteiger partial charge in [-0.05, 0) is 43.7 Å². The zero-order valence-corrected chi connectivity index (χ0v) is 23.3. The number of anilines is 3. The third-order valence-electron chi connectivity index (χ3n) is 7.24. The van der Waals surface area contributed by atoms with Crippen LogP contribution < -0.4 is 26.0 Å². The smallest absolute Gasteiger partial charge is 0.264 e. The first-order valence-corrected chi connectivity index (χ1v) is 15.8. The third-order valence-corrected chi connectivity index (χ3v) is 9.44. The maximum atomic E-state index is 13.6. The fourth-order valence-electron chi connectivity index (χ4n) is 5.25. The number of aromatic amines is 1. The van der Waals surface area contributed by atoms with Crippen LogP contribution in [0.3, 0.4) is 0 Å². The van der Waals surface area contributed by atoms with Crippen LogP contribution in [-0.2, 0) is 9.84 Å². The van der Waals surface area contributed by atoms with E-state index in [1.165, 1.54) is 17.6 Å². The molecular weight excluding hydrogens is 534 g/mol. The highest BCUT2D eigenvalue weighted by Gasteiger charge is 2.26. The molecule has 0 saturated carbocycles. The lowest BCUT2D eigenvalue weighted by molar-refractivity contribution is 0.479. The number of hydrogen-bond acceptors (Lipinski definition) is 10. The second-order valence-electron chi connectivity index (χ2n) is 10.0. The molecule has 204 valence electrons. The second kappa shape index (κ2) is 10.6. The quantitative estimate of drug-likeness (QED) is 0.324. The van der Waals surface area contributed by atoms with Crippen molar-refractivity contribution in [3.8, 4) is 10.6 Å². The maximum absolute atomic E-state index is 13.6. The van der Waals surface area contributed by atoms with Gasteiger partial charge in [-0.15, -0.1) is 11.3 Å². The third kappa shape index (κ3) is 5.36. The van der Waals surface area contributed by atoms with Crippen molar-refractivity contribution >= 4 is 48.8 Å². The molecule has 2 aliphatic heterocycles. The topological polar surface area (TPSA) is 123 Å². The lowest BCUT2D eigenvalue weighted by atomic mass is 10.1. The van der Waals surface area contributed by atoms with E-state index in [1.54, 1.807) is 12.1 Å². The SMILES string of the molecule is CS(=O)(=O)c1ccccc1N1CCN(c2nc(N[C@@H]3CCCNC3)c(-c3nc4ccccc4s3)c(=O)[nH]2)CC1. The molecule has 3 N–H and O–H groups in total. The molecule has 2 aromatic heterocycles. The summed E-state index contributed by atoms with van der Waals surface area (Å²) in [5.74, 6) is 1.05. The summed E-state index contributed by atoms with van der Waals surface area (Å²) in [5, 5.41) is 7.60. The van der Waals surface area contributed by atoms with Crippen LogP contribution in [0.15, 0.2) is 58.2 Å². The van der Waals surface area contributed by atoms with Crippen molar-refractivity contribution in [2.24, 2.45) is 0 Å². The Balaban J connectivity index is 1.30. The number of piperidine rings is 1. The lowest BCUT2D eigenvalue weighted by Gasteiger charge is -2.37. The molecule has 0 bridgehead atoms. The van der Waals surface area contributed by atoms with Gasteiger partial charge in [-0.2, -0.15) is 4.98 Å². The van der Waals surface area contributed by atoms with Crippen LogP contribution in [0.4, 0.5) is 17.5 Å². The predicted molar refractivity (Wildman–Crippen MR) is 157 cm³/mol. The Morgan fingerprint density at radius 3 is 2.49 bits per heavy atom. The first kappa shape index (κ1) is 25.8. The van der Waals surface area contributed by atoms with E-state index in [9.17, 15) is 13.2 Å². The summed E-state index contributed by atoms with van der Waals surface area (Å²) < 4.78 is 25.7. The number of rotatable bonds is 6. The minimum Gasteiger partial charge on any atom is -0.367 e. The van der Waals surface area contributed by atoms with E-state index >= 15 is 0 Å². The standard InChI is InChI=1S/C27H31N7O3S2/c1-39(36,37)22-11-5-3-9-20(22)33-13-15-34(16-14-33)27-31-24(29-18-7-6-12-28-17-18)23(25(35)32-27)26-30-19-8-2-4-10-21(19)38-26/h2-5,8-11,18,28H,6-7,12-17H2,1H3,(H2,29,31,32,35)/t18-/m1/s1. The minimum absolute atomic E-state index is 0.165. The van der Waals surface area contributed by atoms with Crippen molar-refractivity contribution in [3.05, 3.63) is 58.9 Å². The summed E-state index contributed by atoms with van der Waals surface area (Å²) in [6.07, 6.45) is 3.29. The molecule has 0 aliphatic carbocycles. The van der Waals surface area contributed by atoms with Gasteiger partial charge in [0, 0.05) is 45.0 Å². The molecule has 2 saturated heterocycles. The Labute approximate surface area is 231 Å². The van der Waals surface area contributed by atoms with Gasteiger partial charge in [0.15, 0.2) is 9.84 Å². The molecule has 2 aromatic carbocycles. The van der Waals surface area contributed by atoms with Gasteiger partial charge in [0.05, 0.1) is 20.8 Å². The van der Waals surface area contributed by atoms with Crippen molar-refractivity contribution < 1.29 is 8.42 Å². The van der Waals surface area contributed by atoms with Crippen molar-refractivity contribution in [3.63, 3.8) is 0 Å². The van der Waals surface area contributed by atoms with Gasteiger partial charge in [0.1, 0.15) is 16.4 Å². The van der Waals surface area contributed by atoms with Gasteiger partial charge < -0.3 is 20.4 Å². The number of benzene rings is 2. The van der Waals surface area contributed by atoms with Gasteiger partial charge in [-0.3, -0.25) is 9.78 Å². The van der Waals surface area contributed by atoms with Crippen LogP contribution in [0.2, 0.25) is 0 Å². The first-order chi connectivity index (χ1) is 18.9. The number of aromatic nitrogens is 3. The van der Waals surface area contributed by atoms with Gasteiger partial charge in [0.2, 0.25) is 5.95 Å². The number of nitrogens with zero attached hydrogens (tertiary/aromatic N) is 4. The second-order valence-corrected chi connectivity index (χ2v) is 13.0. The summed E-state index contributed by atoms with van der Waals surface area (Å²) >= 11 is 1.49. The number of H-pyrrole nitrogens is 1. The Morgan fingerprint density at radius 2 is 1.74 bits per heavy atom. The van der Waals surface area contributed by atoms with Gasteiger partial charge in [-0.25, -0.2) is 13.4 Å². The van der Waals surface area contributed by atoms with Gasteiger partial charge in [-0.1, -0.05) is 24.3 Å². The van der Waals surface area contributed by atoms with E-state index in [4.69, 9.17) is 9.97 Å². The summed E-state index contributed by atoms with van der Waals surface area (Å²) in [5.41, 5.74) is 1.80. The maximum Gasteiger partial charge on any atom is 0.264 e. The van der Waals surface area contributed by atoms with Crippen LogP contribution in [0.5, 0.6) is 0 Å². The number of nitrogens with one attached hydrogen (secondary N) is 3. The van der Waals surface area contributed by atoms with Crippen molar-refractivity contribution in [1.82, 2.24) is 20.3 Å². The number of thiazole rings is 1. The van der Waals surface area contributed by atoms with Crippen LogP contribution in [0, 0.1) is 0 Å². The molecule has 39 heavy (non-hydrogen) atoms. The van der Waals surface area contributed by atoms with Crippen LogP contribution in [-0.4, -0.2) is 74.9 Å². The van der Waals surface area contributed by atoms with E-state index in [0.29, 0.717) is 59.1 Å². The van der Waals surface area contributed by atoms with Gasteiger partial charge in [0.25, 0.3) is 5.56 Å². The summed E-state index contributed by atoms with van der Waals surface area (Å²) in [7, 11) is -3.35. The van der Waals surface area contributed by atoms with E-state index in [1.807, 2.05) is 41.3 Å². The average molecular weight is 566 g/mol. The van der Waals surface area contributed by atoms with Crippen LogP contribution in [0.1, 0.15) is 12.8 Å². The number of fused-ring (bicyclic) bond motifs is 1. The zero-order chi connectivity index (χ0) is 27.0. The molecule has 10 nitrogen and oxygen atoms in total. The highest BCUT2D eigenvalue weighted by Crippen LogP contribution is 2.33. The average Bonchev–Trinajstić information content (AvgIpc) is 3.37. The van der Waals surface area contributed by atoms with Crippen molar-refractivity contribution in [2.75, 3.05) is 60.6 Å². The van der Waals surface area contributed by atoms with Crippen molar-refractivity contribution in [2.45, 2.75) is 23.8 Å². The van der Waals surface area contributed by atoms with E-state index in [-0.39, 0.29) is 11.6 Å². The molecule has 6 rings (SSSR count). The molecule has 4 aromatic rings. The minimum atomic E-state index is -3.35. The zero-order valence-electron chi connectivity index (χ0n) is 21.7. The lowest BCUT2D eigenvalue weighted by Crippen LogP contribution is -2.48. The Kier molecular flexibility index (Phi) is 7.00. The number of hydrogen-bond donors (Lipinski definition) is 3. The molecule has 1 atom stereocenters. The monoisotopic (exact) mass is 565 g/mol. The number of piperazine rings is 1. The van der Waals surface area contributed by atoms with Crippen LogP contribution >= 0.6 is 11.3 Å². The molecule has 0 spiro atoms. The molecule has 2 aliphatic rings. The summed E-state index contributed by atoms with van der Waals surface area (Å²) in [6.45, 7) is 4.18. The Hall–Kier alpha value is -3.48. The number of sulfone groups is 1. The predicted octanol–water partition coefficient (Wildman–Crippen LogP) is 2.94. The number of para-hydroxylation sites is 2. The van der Waals surface area contributed by atoms with E-state index < -0.39 is 9.84 Å². The highest BCUT2D eigenvalue weighted by molar-refractivity contribution is 7.90. The van der Waals surface area contributed by atoms with Crippen molar-refractivity contribution in [1.29, 1.82) is 0 Å². The fourth-order valence-corrected chi connectivity index (χ4v) is 7.16. The first-order valence-electron chi connectivity index (χ1n) is 13.1. The molecule has 0 unspecified atom stereocenters. The van der Waals surface area contributed by atoms with Gasteiger partial charge >= 0.3 is 0 Å². The molecular formula is C27H31N7O3S2. The Morgan fingerprint density at radius 1 is 1.00 bits per heavy atom. The largest absolute Gasteiger partial charge is 0.367 e. The summed E-state index contributed by atoms with van der Waals surface area (Å²) in [4.78, 5) is 30.7. The normalized spacial score (nSPS) is 18.4. The fraction of sp³-hybridized carbons (Fsp3) is 0.370. The highest BCUT2D eigenvalue weighted by atomic mass is 32.2. The molecule has 2 fully saturated rings. The Bertz CT molecular complexity index is 1620. The van der Waals surface area contributed by atoms with E-state index in [2.05, 4.69) is 20.5 Å². The molecule has 4 heterocycles. The molecule has 0 radical (unpaired) electrons. The van der Waals surface area contributed by atoms with E-state index in [0.717, 1.165) is 36.1 Å². The molecule has 12 heteroatoms.